The fraction of sp³-hybridized carbons (Fsp3) is 0.720. The minimum Gasteiger partial charge on any atom is -0.479 e. The number of ether oxygens (including phenoxy) is 4. The van der Waals surface area contributed by atoms with Gasteiger partial charge in [0.05, 0.1) is 20.0 Å². The van der Waals surface area contributed by atoms with Crippen LogP contribution < -0.4 is 4.74 Å². The first-order valence-corrected chi connectivity index (χ1v) is 12.9. The Hall–Kier alpha value is -2.79. The maximum Gasteiger partial charge on any atom is 0.306 e. The lowest BCUT2D eigenvalue weighted by Gasteiger charge is -2.24. The summed E-state index contributed by atoms with van der Waals surface area (Å²) in [4.78, 5) is 38.1. The number of hydrogen-bond acceptors (Lipinski definition) is 10. The number of carbonyl (C=O) groups is 2. The number of rotatable bonds is 15. The second kappa shape index (κ2) is 14.1. The molecule has 2 aromatic rings. The van der Waals surface area contributed by atoms with Gasteiger partial charge in [0.2, 0.25) is 5.88 Å². The van der Waals surface area contributed by atoms with E-state index in [0.29, 0.717) is 24.0 Å². The Morgan fingerprint density at radius 3 is 2.17 bits per heavy atom. The lowest BCUT2D eigenvalue weighted by Crippen LogP contribution is -2.40. The molecule has 0 aromatic carbocycles. The number of unbranched alkanes of at least 4 members (excludes halogenated alkanes) is 6. The number of methoxy groups -OCH3 is 1. The molecule has 3 heterocycles. The van der Waals surface area contributed by atoms with E-state index in [2.05, 4.69) is 28.8 Å². The van der Waals surface area contributed by atoms with Crippen molar-refractivity contribution in [1.29, 1.82) is 0 Å². The maximum absolute atomic E-state index is 12.8. The van der Waals surface area contributed by atoms with E-state index in [0.717, 1.165) is 38.5 Å². The number of nitrogens with zero attached hydrogens (tertiary/aromatic N) is 4. The summed E-state index contributed by atoms with van der Waals surface area (Å²) in [5, 5.41) is 10.0. The van der Waals surface area contributed by atoms with Crippen molar-refractivity contribution in [2.24, 2.45) is 0 Å². The molecule has 0 spiro atoms. The molecule has 4 atom stereocenters. The van der Waals surface area contributed by atoms with Gasteiger partial charge in [-0.05, 0) is 12.8 Å². The molecule has 0 aliphatic carbocycles. The molecule has 0 unspecified atom stereocenters. The van der Waals surface area contributed by atoms with Gasteiger partial charge < -0.3 is 24.1 Å². The molecule has 0 bridgehead atoms. The van der Waals surface area contributed by atoms with E-state index in [1.807, 2.05) is 0 Å². The third-order valence-corrected chi connectivity index (χ3v) is 6.26. The third kappa shape index (κ3) is 6.91. The van der Waals surface area contributed by atoms with Crippen LogP contribution in [0.3, 0.4) is 0 Å². The third-order valence-electron chi connectivity index (χ3n) is 6.26. The summed E-state index contributed by atoms with van der Waals surface area (Å²) in [5.74, 6) is -0.541. The van der Waals surface area contributed by atoms with Crippen LogP contribution in [0.4, 0.5) is 0 Å². The molecule has 1 saturated heterocycles. The monoisotopic (exact) mass is 506 g/mol. The van der Waals surface area contributed by atoms with Crippen LogP contribution in [0.2, 0.25) is 0 Å². The molecule has 1 aliphatic rings. The van der Waals surface area contributed by atoms with E-state index in [-0.39, 0.29) is 18.7 Å². The van der Waals surface area contributed by atoms with E-state index < -0.39 is 43.1 Å². The molecular weight excluding hydrogens is 468 g/mol. The van der Waals surface area contributed by atoms with Crippen LogP contribution >= 0.6 is 0 Å². The van der Waals surface area contributed by atoms with Gasteiger partial charge in [-0.3, -0.25) is 14.2 Å². The lowest BCUT2D eigenvalue weighted by molar-refractivity contribution is -0.168. The number of fused-ring (bicyclic) bond motifs is 1. The van der Waals surface area contributed by atoms with Crippen molar-refractivity contribution in [3.8, 4) is 5.88 Å². The average Bonchev–Trinajstić information content (AvgIpc) is 3.45. The SMILES string of the molecule is CCCCCCC(=O)O[C@H]1[C@H](OC(=O)CCCCCC)[C@@H](CO)O[C@H]1n1cnc2c(OC)ncnc21. The largest absolute Gasteiger partial charge is 0.479 e. The second-order valence-electron chi connectivity index (χ2n) is 8.98. The summed E-state index contributed by atoms with van der Waals surface area (Å²) in [6.45, 7) is 3.78. The van der Waals surface area contributed by atoms with Crippen LogP contribution in [0.15, 0.2) is 12.7 Å². The highest BCUT2D eigenvalue weighted by Crippen LogP contribution is 2.36. The van der Waals surface area contributed by atoms with Crippen molar-refractivity contribution in [3.05, 3.63) is 12.7 Å². The van der Waals surface area contributed by atoms with Crippen molar-refractivity contribution in [2.45, 2.75) is 103 Å². The Bertz CT molecular complexity index is 982. The lowest BCUT2D eigenvalue weighted by atomic mass is 10.1. The number of aliphatic hydroxyl groups excluding tert-OH is 1. The first kappa shape index (κ1) is 27.8. The van der Waals surface area contributed by atoms with Gasteiger partial charge in [-0.25, -0.2) is 9.97 Å². The summed E-state index contributed by atoms with van der Waals surface area (Å²) in [5.41, 5.74) is 0.809. The number of esters is 2. The zero-order chi connectivity index (χ0) is 25.9. The first-order chi connectivity index (χ1) is 17.5. The molecule has 0 amide bonds. The predicted molar refractivity (Wildman–Crippen MR) is 130 cm³/mol. The van der Waals surface area contributed by atoms with Gasteiger partial charge >= 0.3 is 11.9 Å². The highest BCUT2D eigenvalue weighted by Gasteiger charge is 2.50. The zero-order valence-electron chi connectivity index (χ0n) is 21.4. The van der Waals surface area contributed by atoms with Crippen LogP contribution in [0.25, 0.3) is 11.2 Å². The second-order valence-corrected chi connectivity index (χ2v) is 8.98. The van der Waals surface area contributed by atoms with Gasteiger partial charge in [-0.15, -0.1) is 0 Å². The van der Waals surface area contributed by atoms with Gasteiger partial charge in [0.25, 0.3) is 0 Å². The van der Waals surface area contributed by atoms with Crippen LogP contribution in [0, 0.1) is 0 Å². The molecule has 1 N–H and O–H groups in total. The molecular formula is C25H38N4O7. The first-order valence-electron chi connectivity index (χ1n) is 12.9. The van der Waals surface area contributed by atoms with Gasteiger partial charge in [0.1, 0.15) is 12.4 Å². The van der Waals surface area contributed by atoms with Crippen molar-refractivity contribution in [2.75, 3.05) is 13.7 Å². The molecule has 1 aliphatic heterocycles. The summed E-state index contributed by atoms with van der Waals surface area (Å²) in [7, 11) is 1.48. The predicted octanol–water partition coefficient (Wildman–Crippen LogP) is 3.49. The van der Waals surface area contributed by atoms with Gasteiger partial charge in [0, 0.05) is 12.8 Å². The molecule has 3 rings (SSSR count). The number of aromatic nitrogens is 4. The van der Waals surface area contributed by atoms with Crippen molar-refractivity contribution < 1.29 is 33.6 Å². The Morgan fingerprint density at radius 1 is 0.944 bits per heavy atom. The van der Waals surface area contributed by atoms with Crippen molar-refractivity contribution in [1.82, 2.24) is 19.5 Å². The zero-order valence-corrected chi connectivity index (χ0v) is 21.4. The number of aliphatic hydroxyl groups is 1. The fourth-order valence-electron chi connectivity index (χ4n) is 4.33. The van der Waals surface area contributed by atoms with E-state index in [4.69, 9.17) is 18.9 Å². The normalized spacial score (nSPS) is 21.6. The summed E-state index contributed by atoms with van der Waals surface area (Å²) >= 11 is 0. The molecule has 0 radical (unpaired) electrons. The van der Waals surface area contributed by atoms with Gasteiger partial charge in [-0.2, -0.15) is 4.98 Å². The summed E-state index contributed by atoms with van der Waals surface area (Å²) in [6, 6.07) is 0. The van der Waals surface area contributed by atoms with Crippen LogP contribution in [0.1, 0.15) is 84.3 Å². The maximum atomic E-state index is 12.8. The van der Waals surface area contributed by atoms with Crippen LogP contribution in [0.5, 0.6) is 5.88 Å². The Morgan fingerprint density at radius 2 is 1.58 bits per heavy atom. The fourth-order valence-corrected chi connectivity index (χ4v) is 4.33. The Kier molecular flexibility index (Phi) is 10.9. The van der Waals surface area contributed by atoms with Crippen LogP contribution in [-0.2, 0) is 23.8 Å². The van der Waals surface area contributed by atoms with Gasteiger partial charge in [0.15, 0.2) is 29.6 Å². The van der Waals surface area contributed by atoms with E-state index in [1.165, 1.54) is 19.8 Å². The van der Waals surface area contributed by atoms with E-state index in [1.54, 1.807) is 4.57 Å². The number of carbonyl (C=O) groups excluding carboxylic acids is 2. The van der Waals surface area contributed by atoms with Crippen LogP contribution in [-0.4, -0.2) is 68.6 Å². The summed E-state index contributed by atoms with van der Waals surface area (Å²) < 4.78 is 24.5. The molecule has 36 heavy (non-hydrogen) atoms. The van der Waals surface area contributed by atoms with E-state index >= 15 is 0 Å². The topological polar surface area (TPSA) is 135 Å². The smallest absolute Gasteiger partial charge is 0.306 e. The number of imidazole rings is 1. The minimum atomic E-state index is -0.987. The number of hydrogen-bond donors (Lipinski definition) is 1. The quantitative estimate of drug-likeness (QED) is 0.282. The molecule has 1 fully saturated rings. The Balaban J connectivity index is 1.83. The van der Waals surface area contributed by atoms with E-state index in [9.17, 15) is 14.7 Å². The average molecular weight is 507 g/mol. The highest BCUT2D eigenvalue weighted by molar-refractivity contribution is 5.76. The Labute approximate surface area is 211 Å². The molecule has 0 saturated carbocycles. The summed E-state index contributed by atoms with van der Waals surface area (Å²) in [6.07, 6.45) is 7.01. The molecule has 11 heteroatoms. The minimum absolute atomic E-state index is 0.241. The molecule has 200 valence electrons. The highest BCUT2D eigenvalue weighted by atomic mass is 16.6. The van der Waals surface area contributed by atoms with Crippen molar-refractivity contribution in [3.63, 3.8) is 0 Å². The molecule has 2 aromatic heterocycles. The van der Waals surface area contributed by atoms with Gasteiger partial charge in [-0.1, -0.05) is 52.4 Å². The molecule has 11 nitrogen and oxygen atoms in total. The van der Waals surface area contributed by atoms with Crippen molar-refractivity contribution >= 4 is 23.1 Å². The standard InChI is InChI=1S/C25H38N4O7/c1-4-6-8-10-12-18(31)35-21-17(14-30)34-25(22(21)36-19(32)13-11-9-7-5-2)29-16-28-20-23(29)26-15-27-24(20)33-3/h15-17,21-22,25,30H,4-14H2,1-3H3/t17-,21-,22+,25-/m1/s1.